The molecule has 1 atom stereocenters. The van der Waals surface area contributed by atoms with E-state index in [0.717, 1.165) is 35.8 Å². The monoisotopic (exact) mass is 302 g/mol. The van der Waals surface area contributed by atoms with Crippen LogP contribution < -0.4 is 0 Å². The zero-order valence-corrected chi connectivity index (χ0v) is 12.6. The molecule has 1 saturated heterocycles. The summed E-state index contributed by atoms with van der Waals surface area (Å²) in [6.07, 6.45) is 10.1. The summed E-state index contributed by atoms with van der Waals surface area (Å²) in [6.45, 7) is 1.63. The second kappa shape index (κ2) is 5.26. The molecule has 0 unspecified atom stereocenters. The van der Waals surface area contributed by atoms with E-state index >= 15 is 0 Å². The van der Waals surface area contributed by atoms with Gasteiger partial charge in [0.2, 0.25) is 0 Å². The van der Waals surface area contributed by atoms with Crippen LogP contribution in [0.5, 0.6) is 0 Å². The molecule has 6 heteroatoms. The van der Waals surface area contributed by atoms with Crippen LogP contribution in [0.4, 0.5) is 0 Å². The van der Waals surface area contributed by atoms with Gasteiger partial charge < -0.3 is 4.90 Å². The van der Waals surface area contributed by atoms with Crippen molar-refractivity contribution in [3.05, 3.63) is 34.5 Å². The number of aromatic nitrogens is 3. The van der Waals surface area contributed by atoms with Crippen LogP contribution in [0.1, 0.15) is 46.3 Å². The quantitative estimate of drug-likeness (QED) is 0.872. The average Bonchev–Trinajstić information content (AvgIpc) is 2.96. The van der Waals surface area contributed by atoms with Crippen LogP contribution in [0.2, 0.25) is 0 Å². The Morgan fingerprint density at radius 2 is 2.29 bits per heavy atom. The number of likely N-dealkylation sites (tertiary alicyclic amines) is 1. The van der Waals surface area contributed by atoms with Gasteiger partial charge in [0.1, 0.15) is 4.88 Å². The van der Waals surface area contributed by atoms with Crippen molar-refractivity contribution >= 4 is 17.2 Å². The number of thiazole rings is 1. The topological polar surface area (TPSA) is 51.0 Å². The highest BCUT2D eigenvalue weighted by atomic mass is 32.1. The fraction of sp³-hybridized carbons (Fsp3) is 0.533. The van der Waals surface area contributed by atoms with Gasteiger partial charge in [0.15, 0.2) is 0 Å². The van der Waals surface area contributed by atoms with Crippen molar-refractivity contribution in [2.75, 3.05) is 6.54 Å². The molecule has 0 bridgehead atoms. The molecular weight excluding hydrogens is 284 g/mol. The zero-order chi connectivity index (χ0) is 14.2. The number of rotatable bonds is 4. The van der Waals surface area contributed by atoms with Crippen LogP contribution in [0.3, 0.4) is 0 Å². The number of nitrogens with zero attached hydrogens (tertiary/aromatic N) is 4. The first-order valence-corrected chi connectivity index (χ1v) is 8.37. The third-order valence-electron chi connectivity index (χ3n) is 4.26. The molecule has 1 aliphatic carbocycles. The van der Waals surface area contributed by atoms with Gasteiger partial charge in [-0.15, -0.1) is 11.3 Å². The van der Waals surface area contributed by atoms with Crippen molar-refractivity contribution < 1.29 is 4.79 Å². The molecule has 2 aromatic rings. The summed E-state index contributed by atoms with van der Waals surface area (Å²) in [6, 6.07) is 2.18. The maximum atomic E-state index is 12.7. The third-order valence-corrected chi connectivity index (χ3v) is 5.40. The number of carbonyl (C=O) groups is 1. The van der Waals surface area contributed by atoms with Gasteiger partial charge in [-0.25, -0.2) is 4.98 Å². The normalized spacial score (nSPS) is 21.9. The Kier molecular flexibility index (Phi) is 3.25. The number of hydrogen-bond acceptors (Lipinski definition) is 4. The lowest BCUT2D eigenvalue weighted by atomic mass is 10.2. The van der Waals surface area contributed by atoms with E-state index in [4.69, 9.17) is 0 Å². The second-order valence-electron chi connectivity index (χ2n) is 5.86. The predicted octanol–water partition coefficient (Wildman–Crippen LogP) is 2.52. The summed E-state index contributed by atoms with van der Waals surface area (Å²) in [5.74, 6) is 0.768. The van der Waals surface area contributed by atoms with Crippen molar-refractivity contribution in [1.29, 1.82) is 0 Å². The maximum absolute atomic E-state index is 12.7. The van der Waals surface area contributed by atoms with E-state index in [1.165, 1.54) is 12.8 Å². The average molecular weight is 302 g/mol. The lowest BCUT2D eigenvalue weighted by Crippen LogP contribution is -2.37. The Morgan fingerprint density at radius 1 is 1.38 bits per heavy atom. The van der Waals surface area contributed by atoms with E-state index in [1.807, 2.05) is 21.8 Å². The minimum atomic E-state index is 0.147. The Labute approximate surface area is 127 Å². The smallest absolute Gasteiger partial charge is 0.265 e. The third kappa shape index (κ3) is 2.60. The van der Waals surface area contributed by atoms with E-state index in [2.05, 4.69) is 10.1 Å². The minimum Gasteiger partial charge on any atom is -0.333 e. The fourth-order valence-electron chi connectivity index (χ4n) is 2.96. The summed E-state index contributed by atoms with van der Waals surface area (Å²) < 4.78 is 1.92. The van der Waals surface area contributed by atoms with E-state index in [-0.39, 0.29) is 11.9 Å². The molecule has 2 fully saturated rings. The Bertz CT molecular complexity index is 632. The molecule has 3 heterocycles. The van der Waals surface area contributed by atoms with Gasteiger partial charge in [0, 0.05) is 24.9 Å². The minimum absolute atomic E-state index is 0.147. The van der Waals surface area contributed by atoms with Crippen molar-refractivity contribution in [2.45, 2.75) is 44.2 Å². The van der Waals surface area contributed by atoms with Crippen LogP contribution in [-0.2, 0) is 6.54 Å². The molecule has 0 aromatic carbocycles. The van der Waals surface area contributed by atoms with Crippen molar-refractivity contribution in [1.82, 2.24) is 19.7 Å². The summed E-state index contributed by atoms with van der Waals surface area (Å²) in [5.41, 5.74) is 0. The molecule has 5 nitrogen and oxygen atoms in total. The SMILES string of the molecule is O=C(c1cnc(C2CC2)s1)N1CCC[C@H]1Cn1cccn1. The van der Waals surface area contributed by atoms with E-state index in [0.29, 0.717) is 5.92 Å². The van der Waals surface area contributed by atoms with Crippen molar-refractivity contribution in [2.24, 2.45) is 0 Å². The van der Waals surface area contributed by atoms with E-state index in [9.17, 15) is 4.79 Å². The number of carbonyl (C=O) groups excluding carboxylic acids is 1. The molecule has 21 heavy (non-hydrogen) atoms. The summed E-state index contributed by atoms with van der Waals surface area (Å²) in [5, 5.41) is 5.39. The molecular formula is C15H18N4OS. The standard InChI is InChI=1S/C15H18N4OS/c20-15(13-9-16-14(21-13)11-4-5-11)19-8-1-3-12(19)10-18-7-2-6-17-18/h2,6-7,9,11-12H,1,3-5,8,10H2/t12-/m0/s1. The number of hydrogen-bond donors (Lipinski definition) is 0. The molecule has 0 radical (unpaired) electrons. The maximum Gasteiger partial charge on any atom is 0.265 e. The summed E-state index contributed by atoms with van der Waals surface area (Å²) in [4.78, 5) is 19.9. The van der Waals surface area contributed by atoms with Crippen molar-refractivity contribution in [3.8, 4) is 0 Å². The van der Waals surface area contributed by atoms with Gasteiger partial charge >= 0.3 is 0 Å². The highest BCUT2D eigenvalue weighted by molar-refractivity contribution is 7.13. The lowest BCUT2D eigenvalue weighted by Gasteiger charge is -2.24. The fourth-order valence-corrected chi connectivity index (χ4v) is 4.01. The first kappa shape index (κ1) is 13.0. The summed E-state index contributed by atoms with van der Waals surface area (Å²) in [7, 11) is 0. The molecule has 1 saturated carbocycles. The first-order valence-electron chi connectivity index (χ1n) is 7.55. The molecule has 1 aliphatic heterocycles. The first-order chi connectivity index (χ1) is 10.3. The zero-order valence-electron chi connectivity index (χ0n) is 11.8. The highest BCUT2D eigenvalue weighted by Gasteiger charge is 2.32. The van der Waals surface area contributed by atoms with E-state index in [1.54, 1.807) is 23.7 Å². The van der Waals surface area contributed by atoms with Gasteiger partial charge in [-0.3, -0.25) is 9.48 Å². The van der Waals surface area contributed by atoms with E-state index < -0.39 is 0 Å². The van der Waals surface area contributed by atoms with Crippen molar-refractivity contribution in [3.63, 3.8) is 0 Å². The lowest BCUT2D eigenvalue weighted by molar-refractivity contribution is 0.0726. The molecule has 4 rings (SSSR count). The van der Waals surface area contributed by atoms with Crippen LogP contribution in [0.25, 0.3) is 0 Å². The Balaban J connectivity index is 1.48. The van der Waals surface area contributed by atoms with Gasteiger partial charge in [-0.1, -0.05) is 0 Å². The van der Waals surface area contributed by atoms with Crippen LogP contribution >= 0.6 is 11.3 Å². The van der Waals surface area contributed by atoms with Gasteiger partial charge in [-0.05, 0) is 31.7 Å². The largest absolute Gasteiger partial charge is 0.333 e. The predicted molar refractivity (Wildman–Crippen MR) is 80.4 cm³/mol. The van der Waals surface area contributed by atoms with Gasteiger partial charge in [0.25, 0.3) is 5.91 Å². The second-order valence-corrected chi connectivity index (χ2v) is 6.92. The number of amides is 1. The van der Waals surface area contributed by atoms with Gasteiger partial charge in [-0.2, -0.15) is 5.10 Å². The van der Waals surface area contributed by atoms with Crippen LogP contribution in [0.15, 0.2) is 24.7 Å². The summed E-state index contributed by atoms with van der Waals surface area (Å²) >= 11 is 1.58. The molecule has 2 aliphatic rings. The Hall–Kier alpha value is -1.69. The highest BCUT2D eigenvalue weighted by Crippen LogP contribution is 2.42. The van der Waals surface area contributed by atoms with Gasteiger partial charge in [0.05, 0.1) is 23.8 Å². The molecule has 1 amide bonds. The van der Waals surface area contributed by atoms with Crippen LogP contribution in [0, 0.1) is 0 Å². The molecule has 2 aromatic heterocycles. The molecule has 0 spiro atoms. The van der Waals surface area contributed by atoms with Crippen LogP contribution in [-0.4, -0.2) is 38.2 Å². The molecule has 0 N–H and O–H groups in total. The Morgan fingerprint density at radius 3 is 3.05 bits per heavy atom. The molecule has 110 valence electrons.